The monoisotopic (exact) mass is 402 g/mol. The van der Waals surface area contributed by atoms with Crippen LogP contribution in [0.1, 0.15) is 12.8 Å². The average molecular weight is 404 g/mol. The van der Waals surface area contributed by atoms with Crippen molar-refractivity contribution in [2.75, 3.05) is 19.6 Å². The van der Waals surface area contributed by atoms with Crippen LogP contribution in [0, 0.1) is 5.92 Å². The second kappa shape index (κ2) is 7.96. The van der Waals surface area contributed by atoms with E-state index in [1.807, 2.05) is 0 Å². The van der Waals surface area contributed by atoms with Crippen LogP contribution in [-0.4, -0.2) is 28.1 Å². The number of sulfonamides is 1. The fourth-order valence-electron chi connectivity index (χ4n) is 2.13. The molecular formula is C12H17BrCl2N2O2S. The van der Waals surface area contributed by atoms with Gasteiger partial charge in [-0.1, -0.05) is 27.5 Å². The minimum Gasteiger partial charge on any atom is -0.316 e. The lowest BCUT2D eigenvalue weighted by molar-refractivity contribution is 0.519. The Balaban J connectivity index is 0.00000200. The molecule has 1 aliphatic rings. The third-order valence-corrected chi connectivity index (χ3v) is 5.63. The molecule has 1 saturated heterocycles. The summed E-state index contributed by atoms with van der Waals surface area (Å²) in [7, 11) is -3.52. The van der Waals surface area contributed by atoms with Gasteiger partial charge in [-0.2, -0.15) is 0 Å². The lowest BCUT2D eigenvalue weighted by Gasteiger charge is -2.11. The molecule has 0 spiro atoms. The molecule has 2 N–H and O–H groups in total. The van der Waals surface area contributed by atoms with Gasteiger partial charge in [0, 0.05) is 11.0 Å². The molecule has 0 radical (unpaired) electrons. The summed E-state index contributed by atoms with van der Waals surface area (Å²) >= 11 is 9.21. The molecule has 0 aromatic heterocycles. The Morgan fingerprint density at radius 2 is 2.20 bits per heavy atom. The van der Waals surface area contributed by atoms with Gasteiger partial charge in [0.25, 0.3) is 0 Å². The van der Waals surface area contributed by atoms with Crippen LogP contribution < -0.4 is 10.0 Å². The number of rotatable bonds is 5. The minimum atomic E-state index is -3.52. The zero-order valence-electron chi connectivity index (χ0n) is 10.7. The smallest absolute Gasteiger partial charge is 0.242 e. The molecule has 1 aliphatic heterocycles. The summed E-state index contributed by atoms with van der Waals surface area (Å²) in [6.45, 7) is 2.44. The van der Waals surface area contributed by atoms with Crippen molar-refractivity contribution in [3.05, 3.63) is 27.7 Å². The summed E-state index contributed by atoms with van der Waals surface area (Å²) < 4.78 is 27.6. The highest BCUT2D eigenvalue weighted by atomic mass is 79.9. The number of hydrogen-bond acceptors (Lipinski definition) is 3. The Kier molecular flexibility index (Phi) is 7.24. The van der Waals surface area contributed by atoms with E-state index in [0.29, 0.717) is 12.5 Å². The van der Waals surface area contributed by atoms with Gasteiger partial charge in [-0.3, -0.25) is 0 Å². The zero-order chi connectivity index (χ0) is 13.9. The van der Waals surface area contributed by atoms with E-state index in [2.05, 4.69) is 26.0 Å². The summed E-state index contributed by atoms with van der Waals surface area (Å²) in [6.07, 6.45) is 1.96. The van der Waals surface area contributed by atoms with Gasteiger partial charge in [-0.25, -0.2) is 13.1 Å². The maximum absolute atomic E-state index is 12.1. The highest BCUT2D eigenvalue weighted by molar-refractivity contribution is 9.10. The van der Waals surface area contributed by atoms with Crippen LogP contribution in [0.3, 0.4) is 0 Å². The van der Waals surface area contributed by atoms with Crippen molar-refractivity contribution in [2.24, 2.45) is 5.92 Å². The van der Waals surface area contributed by atoms with Crippen molar-refractivity contribution < 1.29 is 8.42 Å². The van der Waals surface area contributed by atoms with E-state index in [1.165, 1.54) is 6.07 Å². The van der Waals surface area contributed by atoms with E-state index in [9.17, 15) is 8.42 Å². The van der Waals surface area contributed by atoms with Crippen LogP contribution in [0.5, 0.6) is 0 Å². The Labute approximate surface area is 139 Å². The van der Waals surface area contributed by atoms with E-state index >= 15 is 0 Å². The maximum atomic E-state index is 12.1. The zero-order valence-corrected chi connectivity index (χ0v) is 14.7. The van der Waals surface area contributed by atoms with Gasteiger partial charge in [-0.05, 0) is 50.0 Å². The van der Waals surface area contributed by atoms with Crippen molar-refractivity contribution in [3.63, 3.8) is 0 Å². The summed E-state index contributed by atoms with van der Waals surface area (Å²) in [5, 5.41) is 3.49. The molecule has 1 aromatic carbocycles. The Hall–Kier alpha value is 0.150. The topological polar surface area (TPSA) is 58.2 Å². The fraction of sp³-hybridized carbons (Fsp3) is 0.500. The molecule has 114 valence electrons. The van der Waals surface area contributed by atoms with Crippen LogP contribution in [0.2, 0.25) is 5.02 Å². The third-order valence-electron chi connectivity index (χ3n) is 3.19. The highest BCUT2D eigenvalue weighted by Gasteiger charge is 2.19. The first-order chi connectivity index (χ1) is 8.99. The maximum Gasteiger partial charge on any atom is 0.242 e. The molecule has 2 rings (SSSR count). The normalized spacial score (nSPS) is 18.8. The molecule has 1 fully saturated rings. The second-order valence-corrected chi connectivity index (χ2v) is 7.68. The summed E-state index contributed by atoms with van der Waals surface area (Å²) in [5.41, 5.74) is 0. The van der Waals surface area contributed by atoms with Crippen molar-refractivity contribution in [1.82, 2.24) is 10.0 Å². The molecule has 1 atom stereocenters. The fourth-order valence-corrected chi connectivity index (χ4v) is 4.21. The second-order valence-electron chi connectivity index (χ2n) is 4.62. The van der Waals surface area contributed by atoms with Crippen molar-refractivity contribution in [2.45, 2.75) is 17.7 Å². The first-order valence-corrected chi connectivity index (χ1v) is 8.80. The molecule has 1 heterocycles. The predicted molar refractivity (Wildman–Crippen MR) is 87.2 cm³/mol. The van der Waals surface area contributed by atoms with Crippen LogP contribution in [0.15, 0.2) is 27.6 Å². The first kappa shape index (κ1) is 18.2. The average Bonchev–Trinajstić information content (AvgIpc) is 2.81. The van der Waals surface area contributed by atoms with Gasteiger partial charge in [0.2, 0.25) is 10.0 Å². The van der Waals surface area contributed by atoms with E-state index in [4.69, 9.17) is 11.6 Å². The summed E-state index contributed by atoms with van der Waals surface area (Å²) in [6, 6.07) is 4.75. The molecule has 8 heteroatoms. The van der Waals surface area contributed by atoms with Crippen LogP contribution in [0.25, 0.3) is 0 Å². The summed E-state index contributed by atoms with van der Waals surface area (Å²) in [4.78, 5) is 0.127. The molecule has 0 aliphatic carbocycles. The van der Waals surface area contributed by atoms with Gasteiger partial charge >= 0.3 is 0 Å². The van der Waals surface area contributed by atoms with Gasteiger partial charge < -0.3 is 5.32 Å². The quantitative estimate of drug-likeness (QED) is 0.794. The Morgan fingerprint density at radius 1 is 1.45 bits per heavy atom. The van der Waals surface area contributed by atoms with Crippen molar-refractivity contribution in [3.8, 4) is 0 Å². The molecule has 20 heavy (non-hydrogen) atoms. The molecule has 4 nitrogen and oxygen atoms in total. The lowest BCUT2D eigenvalue weighted by Crippen LogP contribution is -2.26. The molecular weight excluding hydrogens is 387 g/mol. The van der Waals surface area contributed by atoms with Crippen molar-refractivity contribution >= 4 is 50.0 Å². The van der Waals surface area contributed by atoms with Gasteiger partial charge in [-0.15, -0.1) is 12.4 Å². The SMILES string of the molecule is Cl.O=S(=O)(NCCC1CCNC1)c1ccc(Br)cc1Cl. The van der Waals surface area contributed by atoms with Crippen LogP contribution in [0.4, 0.5) is 0 Å². The van der Waals surface area contributed by atoms with Crippen molar-refractivity contribution in [1.29, 1.82) is 0 Å². The standard InChI is InChI=1S/C12H16BrClN2O2S.ClH/c13-10-1-2-12(11(14)7-10)19(17,18)16-6-4-9-3-5-15-8-9;/h1-2,7,9,15-16H,3-6,8H2;1H. The molecule has 1 unspecified atom stereocenters. The van der Waals surface area contributed by atoms with E-state index in [0.717, 1.165) is 30.4 Å². The van der Waals surface area contributed by atoms with Crippen LogP contribution >= 0.6 is 39.9 Å². The third kappa shape index (κ3) is 4.86. The van der Waals surface area contributed by atoms with E-state index in [1.54, 1.807) is 12.1 Å². The predicted octanol–water partition coefficient (Wildman–Crippen LogP) is 2.80. The Bertz CT molecular complexity index is 548. The lowest BCUT2D eigenvalue weighted by atomic mass is 10.1. The molecule has 1 aromatic rings. The number of halogens is 3. The number of nitrogens with one attached hydrogen (secondary N) is 2. The van der Waals surface area contributed by atoms with Gasteiger partial charge in [0.1, 0.15) is 4.90 Å². The molecule has 0 bridgehead atoms. The van der Waals surface area contributed by atoms with E-state index < -0.39 is 10.0 Å². The number of hydrogen-bond donors (Lipinski definition) is 2. The Morgan fingerprint density at radius 3 is 2.80 bits per heavy atom. The van der Waals surface area contributed by atoms with E-state index in [-0.39, 0.29) is 22.3 Å². The summed E-state index contributed by atoms with van der Waals surface area (Å²) in [5.74, 6) is 0.558. The van der Waals surface area contributed by atoms with Gasteiger partial charge in [0.05, 0.1) is 5.02 Å². The molecule has 0 amide bonds. The number of benzene rings is 1. The highest BCUT2D eigenvalue weighted by Crippen LogP contribution is 2.25. The van der Waals surface area contributed by atoms with Crippen LogP contribution in [-0.2, 0) is 10.0 Å². The minimum absolute atomic E-state index is 0. The van der Waals surface area contributed by atoms with Gasteiger partial charge in [0.15, 0.2) is 0 Å². The molecule has 0 saturated carbocycles. The first-order valence-electron chi connectivity index (χ1n) is 6.14. The largest absolute Gasteiger partial charge is 0.316 e.